The van der Waals surface area contributed by atoms with Gasteiger partial charge in [0, 0.05) is 24.6 Å². The molecule has 2 aromatic carbocycles. The molecule has 0 heterocycles. The molecule has 2 aromatic rings. The summed E-state index contributed by atoms with van der Waals surface area (Å²) >= 11 is 0. The molecule has 0 radical (unpaired) electrons. The summed E-state index contributed by atoms with van der Waals surface area (Å²) < 4.78 is 6.72. The van der Waals surface area contributed by atoms with Crippen LogP contribution in [0, 0.1) is 0 Å². The van der Waals surface area contributed by atoms with E-state index >= 15 is 0 Å². The molecule has 0 saturated heterocycles. The van der Waals surface area contributed by atoms with Crippen LogP contribution in [0.1, 0.15) is 64.3 Å². The number of phenols is 2. The summed E-state index contributed by atoms with van der Waals surface area (Å²) in [5.74, 6) is 0.204. The molecular weight excluding hydrogens is 430 g/mol. The Kier molecular flexibility index (Phi) is 8.55. The first kappa shape index (κ1) is 27.1. The third kappa shape index (κ3) is 8.29. The van der Waals surface area contributed by atoms with Crippen LogP contribution < -0.4 is 5.32 Å². The molecule has 0 aromatic heterocycles. The molecule has 182 valence electrons. The number of Topliss-reactive ketones (excluding diaryl/α,β-unsaturated/α-hetero) is 1. The Balaban J connectivity index is 2.22. The van der Waals surface area contributed by atoms with Gasteiger partial charge in [0.05, 0.1) is 6.10 Å². The van der Waals surface area contributed by atoms with E-state index in [4.69, 9.17) is 4.43 Å². The molecule has 0 spiro atoms. The van der Waals surface area contributed by atoms with E-state index in [1.54, 1.807) is 19.1 Å². The molecule has 0 bridgehead atoms. The molecule has 33 heavy (non-hydrogen) atoms. The quantitative estimate of drug-likeness (QED) is 0.376. The van der Waals surface area contributed by atoms with Crippen LogP contribution in [-0.4, -0.2) is 36.4 Å². The number of hydrogen-bond acceptors (Lipinski definition) is 5. The molecule has 0 aliphatic rings. The monoisotopic (exact) mass is 471 g/mol. The number of rotatable bonds is 10. The Morgan fingerprint density at radius 2 is 1.58 bits per heavy atom. The normalized spacial score (nSPS) is 13.7. The number of aromatic hydroxyl groups is 2. The zero-order valence-corrected chi connectivity index (χ0v) is 22.5. The van der Waals surface area contributed by atoms with Crippen molar-refractivity contribution in [1.29, 1.82) is 0 Å². The van der Waals surface area contributed by atoms with Crippen LogP contribution in [0.25, 0.3) is 0 Å². The van der Waals surface area contributed by atoms with Crippen molar-refractivity contribution in [2.75, 3.05) is 6.54 Å². The van der Waals surface area contributed by atoms with E-state index in [1.807, 2.05) is 12.1 Å². The highest BCUT2D eigenvalue weighted by molar-refractivity contribution is 6.74. The van der Waals surface area contributed by atoms with Crippen LogP contribution in [0.3, 0.4) is 0 Å². The SMILES string of the molecule is CC(=O)Cc1cccc(CC(C)(C)NC[C@H](O[Si](C)(C)C(C)(C)C)c2cc(O)cc(O)c2)c1. The second-order valence-electron chi connectivity index (χ2n) is 11.3. The Morgan fingerprint density at radius 3 is 2.12 bits per heavy atom. The first-order valence-corrected chi connectivity index (χ1v) is 14.5. The number of hydrogen-bond donors (Lipinski definition) is 3. The molecule has 0 aliphatic heterocycles. The summed E-state index contributed by atoms with van der Waals surface area (Å²) in [7, 11) is -2.11. The van der Waals surface area contributed by atoms with Gasteiger partial charge in [0.25, 0.3) is 0 Å². The molecule has 1 atom stereocenters. The van der Waals surface area contributed by atoms with E-state index in [2.05, 4.69) is 65.2 Å². The van der Waals surface area contributed by atoms with Crippen LogP contribution in [-0.2, 0) is 22.1 Å². The van der Waals surface area contributed by atoms with Gasteiger partial charge in [-0.3, -0.25) is 4.79 Å². The fourth-order valence-electron chi connectivity index (χ4n) is 3.64. The first-order valence-electron chi connectivity index (χ1n) is 11.6. The maximum atomic E-state index is 11.5. The minimum atomic E-state index is -2.11. The fourth-order valence-corrected chi connectivity index (χ4v) is 4.93. The molecule has 0 saturated carbocycles. The van der Waals surface area contributed by atoms with Gasteiger partial charge < -0.3 is 20.0 Å². The molecule has 3 N–H and O–H groups in total. The highest BCUT2D eigenvalue weighted by Crippen LogP contribution is 2.40. The van der Waals surface area contributed by atoms with Gasteiger partial charge in [-0.2, -0.15) is 0 Å². The molecule has 2 rings (SSSR count). The Labute approximate surface area is 200 Å². The number of ketones is 1. The van der Waals surface area contributed by atoms with Crippen molar-refractivity contribution in [3.63, 3.8) is 0 Å². The average Bonchev–Trinajstić information content (AvgIpc) is 2.62. The smallest absolute Gasteiger partial charge is 0.192 e. The Bertz CT molecular complexity index is 943. The fraction of sp³-hybridized carbons (Fsp3) is 0.519. The standard InChI is InChI=1S/C27H41NO4Si/c1-19(29)12-20-10-9-11-21(13-20)17-27(5,6)28-18-25(32-33(7,8)26(2,3)4)22-14-23(30)16-24(31)15-22/h9-11,13-16,25,28,30-31H,12,17-18H2,1-8H3/t25-/m0/s1. The van der Waals surface area contributed by atoms with Crippen LogP contribution in [0.15, 0.2) is 42.5 Å². The third-order valence-electron chi connectivity index (χ3n) is 6.40. The molecule has 0 fully saturated rings. The van der Waals surface area contributed by atoms with Gasteiger partial charge in [-0.15, -0.1) is 0 Å². The van der Waals surface area contributed by atoms with Crippen LogP contribution >= 0.6 is 0 Å². The summed E-state index contributed by atoms with van der Waals surface area (Å²) in [4.78, 5) is 11.5. The summed E-state index contributed by atoms with van der Waals surface area (Å²) in [5, 5.41) is 23.8. The van der Waals surface area contributed by atoms with Crippen LogP contribution in [0.2, 0.25) is 18.1 Å². The number of phenolic OH excluding ortho intramolecular Hbond substituents is 2. The second kappa shape index (κ2) is 10.4. The zero-order chi connectivity index (χ0) is 25.0. The topological polar surface area (TPSA) is 78.8 Å². The third-order valence-corrected chi connectivity index (χ3v) is 10.9. The van der Waals surface area contributed by atoms with Gasteiger partial charge in [0.2, 0.25) is 0 Å². The predicted octanol–water partition coefficient (Wildman–Crippen LogP) is 5.90. The largest absolute Gasteiger partial charge is 0.508 e. The maximum absolute atomic E-state index is 11.5. The lowest BCUT2D eigenvalue weighted by Gasteiger charge is -2.40. The highest BCUT2D eigenvalue weighted by Gasteiger charge is 2.39. The average molecular weight is 472 g/mol. The Morgan fingerprint density at radius 1 is 1.00 bits per heavy atom. The van der Waals surface area contributed by atoms with Crippen molar-refractivity contribution in [3.05, 3.63) is 59.2 Å². The summed E-state index contributed by atoms with van der Waals surface area (Å²) in [6, 6.07) is 12.8. The summed E-state index contributed by atoms with van der Waals surface area (Å²) in [6.45, 7) is 17.4. The maximum Gasteiger partial charge on any atom is 0.192 e. The molecule has 0 amide bonds. The minimum Gasteiger partial charge on any atom is -0.508 e. The summed E-state index contributed by atoms with van der Waals surface area (Å²) in [5.41, 5.74) is 2.72. The van der Waals surface area contributed by atoms with Crippen molar-refractivity contribution in [2.24, 2.45) is 0 Å². The van der Waals surface area contributed by atoms with Gasteiger partial charge in [0.15, 0.2) is 8.32 Å². The minimum absolute atomic E-state index is 0.0235. The highest BCUT2D eigenvalue weighted by atomic mass is 28.4. The lowest BCUT2D eigenvalue weighted by molar-refractivity contribution is -0.116. The molecule has 0 aliphatic carbocycles. The van der Waals surface area contributed by atoms with Crippen molar-refractivity contribution >= 4 is 14.1 Å². The lowest BCUT2D eigenvalue weighted by atomic mass is 9.93. The molecule has 5 nitrogen and oxygen atoms in total. The van der Waals surface area contributed by atoms with Crippen molar-refractivity contribution in [1.82, 2.24) is 5.32 Å². The van der Waals surface area contributed by atoms with E-state index < -0.39 is 8.32 Å². The predicted molar refractivity (Wildman–Crippen MR) is 137 cm³/mol. The molecular formula is C27H41NO4Si. The lowest BCUT2D eigenvalue weighted by Crippen LogP contribution is -2.47. The summed E-state index contributed by atoms with van der Waals surface area (Å²) in [6.07, 6.45) is 0.925. The number of carbonyl (C=O) groups is 1. The zero-order valence-electron chi connectivity index (χ0n) is 21.5. The van der Waals surface area contributed by atoms with Gasteiger partial charge in [-0.05, 0) is 74.1 Å². The van der Waals surface area contributed by atoms with Crippen molar-refractivity contribution < 1.29 is 19.4 Å². The molecule has 0 unspecified atom stereocenters. The van der Waals surface area contributed by atoms with Gasteiger partial charge in [-0.25, -0.2) is 0 Å². The van der Waals surface area contributed by atoms with Crippen molar-refractivity contribution in [2.45, 2.75) is 84.2 Å². The van der Waals surface area contributed by atoms with E-state index in [-0.39, 0.29) is 34.0 Å². The van der Waals surface area contributed by atoms with E-state index in [9.17, 15) is 15.0 Å². The molecule has 6 heteroatoms. The first-order chi connectivity index (χ1) is 15.1. The van der Waals surface area contributed by atoms with E-state index in [0.29, 0.717) is 13.0 Å². The van der Waals surface area contributed by atoms with Crippen LogP contribution in [0.4, 0.5) is 0 Å². The van der Waals surface area contributed by atoms with E-state index in [1.165, 1.54) is 11.6 Å². The van der Waals surface area contributed by atoms with Crippen molar-refractivity contribution in [3.8, 4) is 11.5 Å². The second-order valence-corrected chi connectivity index (χ2v) is 16.0. The van der Waals surface area contributed by atoms with Gasteiger partial charge in [0.1, 0.15) is 17.3 Å². The number of nitrogens with one attached hydrogen (secondary N) is 1. The Hall–Kier alpha value is -2.15. The van der Waals surface area contributed by atoms with Gasteiger partial charge in [-0.1, -0.05) is 45.0 Å². The van der Waals surface area contributed by atoms with Gasteiger partial charge >= 0.3 is 0 Å². The van der Waals surface area contributed by atoms with Crippen LogP contribution in [0.5, 0.6) is 11.5 Å². The number of benzene rings is 2. The van der Waals surface area contributed by atoms with E-state index in [0.717, 1.165) is 17.5 Å². The number of carbonyl (C=O) groups excluding carboxylic acids is 1.